The first kappa shape index (κ1) is 16.2. The highest BCUT2D eigenvalue weighted by molar-refractivity contribution is 7.11. The minimum absolute atomic E-state index is 0.812. The molecule has 0 atom stereocenters. The van der Waals surface area contributed by atoms with Crippen LogP contribution in [-0.4, -0.2) is 6.29 Å². The first-order chi connectivity index (χ1) is 9.36. The van der Waals surface area contributed by atoms with Gasteiger partial charge in [-0.1, -0.05) is 64.0 Å². The molecule has 0 amide bonds. The number of thiophene rings is 1. The Morgan fingerprint density at radius 1 is 1.05 bits per heavy atom. The van der Waals surface area contributed by atoms with Gasteiger partial charge in [-0.15, -0.1) is 11.3 Å². The van der Waals surface area contributed by atoms with Gasteiger partial charge < -0.3 is 0 Å². The maximum Gasteiger partial charge on any atom is 0.160 e. The molecule has 0 saturated carbocycles. The second kappa shape index (κ2) is 11.0. The molecule has 1 aromatic rings. The lowest BCUT2D eigenvalue weighted by atomic mass is 10.1. The number of aldehydes is 1. The predicted molar refractivity (Wildman–Crippen MR) is 86.0 cm³/mol. The molecule has 0 spiro atoms. The summed E-state index contributed by atoms with van der Waals surface area (Å²) in [6.45, 7) is 2.26. The van der Waals surface area contributed by atoms with Gasteiger partial charge in [0, 0.05) is 0 Å². The van der Waals surface area contributed by atoms with Gasteiger partial charge in [-0.2, -0.15) is 0 Å². The first-order valence-electron chi connectivity index (χ1n) is 7.57. The van der Waals surface area contributed by atoms with Gasteiger partial charge in [-0.25, -0.2) is 0 Å². The van der Waals surface area contributed by atoms with E-state index in [4.69, 9.17) is 0 Å². The zero-order valence-corrected chi connectivity index (χ0v) is 12.9. The first-order valence-corrected chi connectivity index (χ1v) is 8.45. The van der Waals surface area contributed by atoms with Crippen LogP contribution in [0.3, 0.4) is 0 Å². The van der Waals surface area contributed by atoms with Crippen molar-refractivity contribution in [3.63, 3.8) is 0 Å². The molecule has 0 unspecified atom stereocenters. The minimum atomic E-state index is 0.812. The predicted octanol–water partition coefficient (Wildman–Crippen LogP) is 6.10. The molecule has 1 rings (SSSR count). The van der Waals surface area contributed by atoms with Gasteiger partial charge >= 0.3 is 0 Å². The molecule has 0 N–H and O–H groups in total. The molecule has 1 heterocycles. The average Bonchev–Trinajstić information content (AvgIpc) is 2.89. The van der Waals surface area contributed by atoms with E-state index < -0.39 is 0 Å². The SMILES string of the molecule is CCCCCCCCCC/C=C/c1csc(C=O)c1. The summed E-state index contributed by atoms with van der Waals surface area (Å²) in [5.74, 6) is 0. The van der Waals surface area contributed by atoms with E-state index in [-0.39, 0.29) is 0 Å². The lowest BCUT2D eigenvalue weighted by Gasteiger charge is -1.99. The highest BCUT2D eigenvalue weighted by Gasteiger charge is 1.94. The topological polar surface area (TPSA) is 17.1 Å². The lowest BCUT2D eigenvalue weighted by molar-refractivity contribution is 0.112. The maximum atomic E-state index is 10.5. The van der Waals surface area contributed by atoms with Crippen LogP contribution in [0.4, 0.5) is 0 Å². The van der Waals surface area contributed by atoms with Gasteiger partial charge in [0.05, 0.1) is 4.88 Å². The Morgan fingerprint density at radius 2 is 1.74 bits per heavy atom. The van der Waals surface area contributed by atoms with Crippen LogP contribution in [0.2, 0.25) is 0 Å². The summed E-state index contributed by atoms with van der Waals surface area (Å²) in [7, 11) is 0. The highest BCUT2D eigenvalue weighted by Crippen LogP contribution is 2.15. The summed E-state index contributed by atoms with van der Waals surface area (Å²) in [6.07, 6.45) is 17.4. The van der Waals surface area contributed by atoms with E-state index in [1.54, 1.807) is 0 Å². The zero-order chi connectivity index (χ0) is 13.8. The smallest absolute Gasteiger partial charge is 0.160 e. The van der Waals surface area contributed by atoms with E-state index in [0.29, 0.717) is 0 Å². The monoisotopic (exact) mass is 278 g/mol. The number of hydrogen-bond donors (Lipinski definition) is 0. The summed E-state index contributed by atoms with van der Waals surface area (Å²) < 4.78 is 0. The molecule has 0 fully saturated rings. The van der Waals surface area contributed by atoms with E-state index in [1.807, 2.05) is 11.4 Å². The second-order valence-corrected chi connectivity index (χ2v) is 6.01. The Bertz CT molecular complexity index is 365. The Morgan fingerprint density at radius 3 is 2.37 bits per heavy atom. The molecule has 1 nitrogen and oxygen atoms in total. The van der Waals surface area contributed by atoms with Gasteiger partial charge in [0.1, 0.15) is 0 Å². The molecule has 0 aliphatic carbocycles. The fourth-order valence-electron chi connectivity index (χ4n) is 2.13. The number of allylic oxidation sites excluding steroid dienone is 1. The summed E-state index contributed by atoms with van der Waals surface area (Å²) in [4.78, 5) is 11.4. The van der Waals surface area contributed by atoms with Crippen molar-refractivity contribution < 1.29 is 4.79 Å². The van der Waals surface area contributed by atoms with Gasteiger partial charge in [-0.3, -0.25) is 4.79 Å². The fourth-order valence-corrected chi connectivity index (χ4v) is 2.81. The van der Waals surface area contributed by atoms with Crippen LogP contribution in [0.15, 0.2) is 17.5 Å². The van der Waals surface area contributed by atoms with E-state index in [2.05, 4.69) is 19.1 Å². The van der Waals surface area contributed by atoms with Crippen molar-refractivity contribution in [1.29, 1.82) is 0 Å². The van der Waals surface area contributed by atoms with E-state index in [1.165, 1.54) is 62.7 Å². The van der Waals surface area contributed by atoms with Crippen molar-refractivity contribution in [2.24, 2.45) is 0 Å². The molecule has 106 valence electrons. The third kappa shape index (κ3) is 7.99. The Labute approximate surface area is 121 Å². The Hall–Kier alpha value is -0.890. The molecule has 0 aliphatic rings. The van der Waals surface area contributed by atoms with Crippen LogP contribution >= 0.6 is 11.3 Å². The number of rotatable bonds is 11. The van der Waals surface area contributed by atoms with E-state index in [9.17, 15) is 4.79 Å². The average molecular weight is 278 g/mol. The largest absolute Gasteiger partial charge is 0.297 e. The molecule has 0 radical (unpaired) electrons. The van der Waals surface area contributed by atoms with E-state index in [0.717, 1.165) is 23.1 Å². The normalized spacial score (nSPS) is 11.2. The number of hydrogen-bond acceptors (Lipinski definition) is 2. The van der Waals surface area contributed by atoms with E-state index >= 15 is 0 Å². The molecule has 0 bridgehead atoms. The lowest BCUT2D eigenvalue weighted by Crippen LogP contribution is -1.79. The zero-order valence-electron chi connectivity index (χ0n) is 12.1. The molecular weight excluding hydrogens is 252 g/mol. The number of unbranched alkanes of at least 4 members (excludes halogenated alkanes) is 8. The van der Waals surface area contributed by atoms with Crippen LogP contribution in [0.5, 0.6) is 0 Å². The quantitative estimate of drug-likeness (QED) is 0.353. The summed E-state index contributed by atoms with van der Waals surface area (Å²) in [5, 5.41) is 2.04. The molecule has 19 heavy (non-hydrogen) atoms. The molecule has 0 aliphatic heterocycles. The van der Waals surface area contributed by atoms with Crippen molar-refractivity contribution in [2.75, 3.05) is 0 Å². The van der Waals surface area contributed by atoms with Crippen LogP contribution in [0.25, 0.3) is 6.08 Å². The van der Waals surface area contributed by atoms with Crippen molar-refractivity contribution >= 4 is 23.7 Å². The third-order valence-corrected chi connectivity index (χ3v) is 4.17. The van der Waals surface area contributed by atoms with Gasteiger partial charge in [0.15, 0.2) is 6.29 Å². The van der Waals surface area contributed by atoms with Gasteiger partial charge in [0.2, 0.25) is 0 Å². The Balaban J connectivity index is 1.97. The third-order valence-electron chi connectivity index (χ3n) is 3.29. The molecule has 1 aromatic heterocycles. The Kier molecular flexibility index (Phi) is 9.34. The molecule has 0 aromatic carbocycles. The minimum Gasteiger partial charge on any atom is -0.297 e. The van der Waals surface area contributed by atoms with Gasteiger partial charge in [0.25, 0.3) is 0 Å². The van der Waals surface area contributed by atoms with Crippen molar-refractivity contribution in [3.05, 3.63) is 28.0 Å². The van der Waals surface area contributed by atoms with Crippen LogP contribution in [0, 0.1) is 0 Å². The van der Waals surface area contributed by atoms with Gasteiger partial charge in [-0.05, 0) is 29.9 Å². The van der Waals surface area contributed by atoms with Crippen LogP contribution in [0.1, 0.15) is 79.9 Å². The van der Waals surface area contributed by atoms with Crippen molar-refractivity contribution in [1.82, 2.24) is 0 Å². The summed E-state index contributed by atoms with van der Waals surface area (Å²) in [5.41, 5.74) is 1.16. The summed E-state index contributed by atoms with van der Waals surface area (Å²) in [6, 6.07) is 1.95. The number of carbonyl (C=O) groups excluding carboxylic acids is 1. The standard InChI is InChI=1S/C17H26OS/c1-2-3-4-5-6-7-8-9-10-11-12-16-13-17(14-18)19-15-16/h11-15H,2-10H2,1H3/b12-11+. The number of carbonyl (C=O) groups is 1. The van der Waals surface area contributed by atoms with Crippen LogP contribution < -0.4 is 0 Å². The highest BCUT2D eigenvalue weighted by atomic mass is 32.1. The second-order valence-electron chi connectivity index (χ2n) is 5.07. The maximum absolute atomic E-state index is 10.5. The summed E-state index contributed by atoms with van der Waals surface area (Å²) >= 11 is 1.51. The molecule has 2 heteroatoms. The molecule has 0 saturated heterocycles. The van der Waals surface area contributed by atoms with Crippen molar-refractivity contribution in [2.45, 2.75) is 64.7 Å². The molecular formula is C17H26OS. The van der Waals surface area contributed by atoms with Crippen molar-refractivity contribution in [3.8, 4) is 0 Å². The van der Waals surface area contributed by atoms with Crippen LogP contribution in [-0.2, 0) is 0 Å². The fraction of sp³-hybridized carbons (Fsp3) is 0.588.